The van der Waals surface area contributed by atoms with Gasteiger partial charge in [-0.15, -0.1) is 11.8 Å². The van der Waals surface area contributed by atoms with Gasteiger partial charge in [0, 0.05) is 11.3 Å². The molecule has 0 fully saturated rings. The van der Waals surface area contributed by atoms with Crippen LogP contribution in [-0.2, 0) is 10.5 Å². The number of hydrogen-bond acceptors (Lipinski definition) is 4. The molecule has 0 aromatic heterocycles. The lowest BCUT2D eigenvalue weighted by atomic mass is 10.1. The van der Waals surface area contributed by atoms with Crippen molar-refractivity contribution in [2.75, 3.05) is 11.1 Å². The molecule has 1 N–H and O–H groups in total. The third-order valence-corrected chi connectivity index (χ3v) is 4.19. The van der Waals surface area contributed by atoms with Gasteiger partial charge in [-0.05, 0) is 30.7 Å². The molecule has 2 aromatic carbocycles. The van der Waals surface area contributed by atoms with Crippen molar-refractivity contribution in [3.63, 3.8) is 0 Å². The Morgan fingerprint density at radius 1 is 1.13 bits per heavy atom. The van der Waals surface area contributed by atoms with Crippen LogP contribution in [0.4, 0.5) is 5.69 Å². The van der Waals surface area contributed by atoms with E-state index in [-0.39, 0.29) is 17.4 Å². The number of hydrogen-bond donors (Lipinski definition) is 1. The fourth-order valence-corrected chi connectivity index (χ4v) is 2.93. The van der Waals surface area contributed by atoms with E-state index in [1.165, 1.54) is 18.7 Å². The molecule has 0 aliphatic carbocycles. The quantitative estimate of drug-likeness (QED) is 0.824. The molecule has 0 unspecified atom stereocenters. The van der Waals surface area contributed by atoms with Gasteiger partial charge in [-0.2, -0.15) is 5.26 Å². The van der Waals surface area contributed by atoms with Crippen molar-refractivity contribution >= 4 is 29.1 Å². The summed E-state index contributed by atoms with van der Waals surface area (Å²) in [6.07, 6.45) is 0. The van der Waals surface area contributed by atoms with Crippen molar-refractivity contribution in [1.82, 2.24) is 0 Å². The molecule has 0 saturated heterocycles. The van der Waals surface area contributed by atoms with Crippen LogP contribution < -0.4 is 5.32 Å². The summed E-state index contributed by atoms with van der Waals surface area (Å²) in [5, 5.41) is 11.8. The monoisotopic (exact) mass is 324 g/mol. The Hall–Kier alpha value is -2.58. The number of ketones is 1. The highest BCUT2D eigenvalue weighted by Gasteiger charge is 2.10. The molecule has 23 heavy (non-hydrogen) atoms. The first-order chi connectivity index (χ1) is 11.1. The lowest BCUT2D eigenvalue weighted by molar-refractivity contribution is -0.113. The van der Waals surface area contributed by atoms with E-state index in [1.807, 2.05) is 18.2 Å². The zero-order valence-corrected chi connectivity index (χ0v) is 13.5. The fraction of sp³-hybridized carbons (Fsp3) is 0.167. The number of rotatable bonds is 6. The molecule has 0 aliphatic heterocycles. The standard InChI is InChI=1S/C18H16N2O2S/c1-13(21)16-8-4-5-9-17(16)20-18(22)12-23-11-15-7-3-2-6-14(15)10-19/h2-9H,11-12H2,1H3,(H,20,22). The highest BCUT2D eigenvalue weighted by atomic mass is 32.2. The lowest BCUT2D eigenvalue weighted by Gasteiger charge is -2.09. The van der Waals surface area contributed by atoms with Crippen LogP contribution in [0.5, 0.6) is 0 Å². The maximum atomic E-state index is 12.0. The van der Waals surface area contributed by atoms with Gasteiger partial charge in [-0.25, -0.2) is 0 Å². The Labute approximate surface area is 139 Å². The summed E-state index contributed by atoms with van der Waals surface area (Å²) in [6, 6.07) is 16.4. The summed E-state index contributed by atoms with van der Waals surface area (Å²) in [7, 11) is 0. The molecule has 0 spiro atoms. The van der Waals surface area contributed by atoms with Crippen molar-refractivity contribution in [2.45, 2.75) is 12.7 Å². The van der Waals surface area contributed by atoms with Crippen molar-refractivity contribution in [3.05, 3.63) is 65.2 Å². The molecule has 5 heteroatoms. The van der Waals surface area contributed by atoms with Gasteiger partial charge in [0.05, 0.1) is 23.1 Å². The molecule has 0 bridgehead atoms. The lowest BCUT2D eigenvalue weighted by Crippen LogP contribution is -2.16. The topological polar surface area (TPSA) is 70.0 Å². The average molecular weight is 324 g/mol. The van der Waals surface area contributed by atoms with Crippen molar-refractivity contribution in [1.29, 1.82) is 5.26 Å². The predicted molar refractivity (Wildman–Crippen MR) is 92.4 cm³/mol. The summed E-state index contributed by atoms with van der Waals surface area (Å²) in [4.78, 5) is 23.6. The second-order valence-corrected chi connectivity index (χ2v) is 5.90. The third-order valence-electron chi connectivity index (χ3n) is 3.21. The largest absolute Gasteiger partial charge is 0.325 e. The van der Waals surface area contributed by atoms with E-state index in [1.54, 1.807) is 30.3 Å². The first kappa shape index (κ1) is 16.8. The second-order valence-electron chi connectivity index (χ2n) is 4.91. The van der Waals surface area contributed by atoms with Crippen LogP contribution in [0.3, 0.4) is 0 Å². The van der Waals surface area contributed by atoms with Gasteiger partial charge in [-0.1, -0.05) is 30.3 Å². The van der Waals surface area contributed by atoms with Crippen LogP contribution in [0.15, 0.2) is 48.5 Å². The Bertz CT molecular complexity index is 766. The zero-order valence-electron chi connectivity index (χ0n) is 12.7. The van der Waals surface area contributed by atoms with Gasteiger partial charge in [0.2, 0.25) is 5.91 Å². The highest BCUT2D eigenvalue weighted by molar-refractivity contribution is 7.99. The number of benzene rings is 2. The number of amides is 1. The molecule has 0 atom stereocenters. The normalized spacial score (nSPS) is 9.91. The molecule has 0 saturated carbocycles. The number of nitrogens with zero attached hydrogens (tertiary/aromatic N) is 1. The summed E-state index contributed by atoms with van der Waals surface area (Å²) in [5.74, 6) is 0.590. The molecular formula is C18H16N2O2S. The first-order valence-corrected chi connectivity index (χ1v) is 8.23. The summed E-state index contributed by atoms with van der Waals surface area (Å²) in [6.45, 7) is 1.47. The molecule has 0 heterocycles. The summed E-state index contributed by atoms with van der Waals surface area (Å²) in [5.41, 5.74) is 2.57. The number of nitriles is 1. The predicted octanol–water partition coefficient (Wildman–Crippen LogP) is 3.63. The molecule has 1 amide bonds. The van der Waals surface area contributed by atoms with E-state index in [2.05, 4.69) is 11.4 Å². The molecule has 0 aliphatic rings. The van der Waals surface area contributed by atoms with Gasteiger partial charge < -0.3 is 5.32 Å². The summed E-state index contributed by atoms with van der Waals surface area (Å²) < 4.78 is 0. The number of Topliss-reactive ketones (excluding diaryl/α,β-unsaturated/α-hetero) is 1. The first-order valence-electron chi connectivity index (χ1n) is 7.07. The molecular weight excluding hydrogens is 308 g/mol. The SMILES string of the molecule is CC(=O)c1ccccc1NC(=O)CSCc1ccccc1C#N. The molecule has 4 nitrogen and oxygen atoms in total. The minimum absolute atomic E-state index is 0.0866. The van der Waals surface area contributed by atoms with Gasteiger partial charge in [0.1, 0.15) is 0 Å². The molecule has 2 aromatic rings. The minimum atomic E-state index is -0.168. The molecule has 116 valence electrons. The molecule has 2 rings (SSSR count). The number of para-hydroxylation sites is 1. The number of nitrogens with one attached hydrogen (secondary N) is 1. The Balaban J connectivity index is 1.91. The number of thioether (sulfide) groups is 1. The Kier molecular flexibility index (Phi) is 5.95. The maximum Gasteiger partial charge on any atom is 0.234 e. The van der Waals surface area contributed by atoms with E-state index in [9.17, 15) is 9.59 Å². The van der Waals surface area contributed by atoms with E-state index in [0.29, 0.717) is 22.6 Å². The van der Waals surface area contributed by atoms with Crippen molar-refractivity contribution in [3.8, 4) is 6.07 Å². The van der Waals surface area contributed by atoms with E-state index in [0.717, 1.165) is 5.56 Å². The smallest absolute Gasteiger partial charge is 0.234 e. The number of carbonyl (C=O) groups is 2. The van der Waals surface area contributed by atoms with E-state index < -0.39 is 0 Å². The fourth-order valence-electron chi connectivity index (χ4n) is 2.09. The van der Waals surface area contributed by atoms with E-state index >= 15 is 0 Å². The molecule has 0 radical (unpaired) electrons. The highest BCUT2D eigenvalue weighted by Crippen LogP contribution is 2.18. The van der Waals surface area contributed by atoms with Crippen LogP contribution >= 0.6 is 11.8 Å². The van der Waals surface area contributed by atoms with Crippen LogP contribution in [0.25, 0.3) is 0 Å². The zero-order chi connectivity index (χ0) is 16.7. The van der Waals surface area contributed by atoms with E-state index in [4.69, 9.17) is 5.26 Å². The van der Waals surface area contributed by atoms with Crippen LogP contribution in [0.2, 0.25) is 0 Å². The average Bonchev–Trinajstić information content (AvgIpc) is 2.55. The Morgan fingerprint density at radius 3 is 2.57 bits per heavy atom. The van der Waals surface area contributed by atoms with Crippen LogP contribution in [0.1, 0.15) is 28.4 Å². The van der Waals surface area contributed by atoms with Crippen LogP contribution in [-0.4, -0.2) is 17.4 Å². The third kappa shape index (κ3) is 4.70. The van der Waals surface area contributed by atoms with Gasteiger partial charge in [0.25, 0.3) is 0 Å². The van der Waals surface area contributed by atoms with Crippen LogP contribution in [0, 0.1) is 11.3 Å². The number of carbonyl (C=O) groups excluding carboxylic acids is 2. The minimum Gasteiger partial charge on any atom is -0.325 e. The van der Waals surface area contributed by atoms with Gasteiger partial charge in [-0.3, -0.25) is 9.59 Å². The Morgan fingerprint density at radius 2 is 1.83 bits per heavy atom. The number of anilines is 1. The summed E-state index contributed by atoms with van der Waals surface area (Å²) >= 11 is 1.43. The second kappa shape index (κ2) is 8.16. The van der Waals surface area contributed by atoms with Gasteiger partial charge >= 0.3 is 0 Å². The maximum absolute atomic E-state index is 12.0. The van der Waals surface area contributed by atoms with Gasteiger partial charge in [0.15, 0.2) is 5.78 Å². The van der Waals surface area contributed by atoms with Crippen molar-refractivity contribution < 1.29 is 9.59 Å². The van der Waals surface area contributed by atoms with Crippen molar-refractivity contribution in [2.24, 2.45) is 0 Å².